The van der Waals surface area contributed by atoms with Gasteiger partial charge in [-0.15, -0.1) is 0 Å². The maximum atomic E-state index is 13.7. The van der Waals surface area contributed by atoms with Gasteiger partial charge in [0, 0.05) is 5.56 Å². The van der Waals surface area contributed by atoms with Crippen LogP contribution in [0.5, 0.6) is 5.75 Å². The van der Waals surface area contributed by atoms with Crippen LogP contribution in [-0.4, -0.2) is 26.0 Å². The van der Waals surface area contributed by atoms with E-state index in [2.05, 4.69) is 20.7 Å². The lowest BCUT2D eigenvalue weighted by atomic mass is 10.0. The molecule has 4 nitrogen and oxygen atoms in total. The van der Waals surface area contributed by atoms with Crippen molar-refractivity contribution in [2.24, 2.45) is 0 Å². The number of ketones is 1. The van der Waals surface area contributed by atoms with Gasteiger partial charge in [0.25, 0.3) is 0 Å². The number of halogens is 3. The number of carbonyl (C=O) groups excluding carboxylic acids is 2. The smallest absolute Gasteiger partial charge is 0.381 e. The van der Waals surface area contributed by atoms with Crippen molar-refractivity contribution >= 4 is 27.7 Å². The van der Waals surface area contributed by atoms with Crippen LogP contribution in [0.4, 0.5) is 8.78 Å². The van der Waals surface area contributed by atoms with Gasteiger partial charge in [-0.25, -0.2) is 4.79 Å². The molecule has 0 aliphatic heterocycles. The highest BCUT2D eigenvalue weighted by molar-refractivity contribution is 9.10. The molecule has 0 fully saturated rings. The monoisotopic (exact) mass is 322 g/mol. The Morgan fingerprint density at radius 3 is 2.39 bits per heavy atom. The third-order valence-corrected chi connectivity index (χ3v) is 2.82. The molecule has 18 heavy (non-hydrogen) atoms. The standard InChI is InChI=1S/C11H9BrF2O4/c1-17-8-5-6(3-4-7(8)12)11(13,14)9(15)10(16)18-2/h3-5H,1-2H3. The van der Waals surface area contributed by atoms with Crippen molar-refractivity contribution in [3.8, 4) is 5.75 Å². The number of alkyl halides is 2. The predicted molar refractivity (Wildman–Crippen MR) is 61.6 cm³/mol. The summed E-state index contributed by atoms with van der Waals surface area (Å²) >= 11 is 3.09. The summed E-state index contributed by atoms with van der Waals surface area (Å²) in [4.78, 5) is 22.1. The first-order valence-corrected chi connectivity index (χ1v) is 5.48. The van der Waals surface area contributed by atoms with E-state index in [0.29, 0.717) is 4.47 Å². The quantitative estimate of drug-likeness (QED) is 0.630. The summed E-state index contributed by atoms with van der Waals surface area (Å²) in [7, 11) is 2.16. The fourth-order valence-electron chi connectivity index (χ4n) is 1.21. The molecule has 7 heteroatoms. The Kier molecular flexibility index (Phi) is 4.39. The summed E-state index contributed by atoms with van der Waals surface area (Å²) in [5.41, 5.74) is -0.641. The van der Waals surface area contributed by atoms with Crippen molar-refractivity contribution in [1.82, 2.24) is 0 Å². The fourth-order valence-corrected chi connectivity index (χ4v) is 1.62. The molecular formula is C11H9BrF2O4. The molecule has 1 aromatic rings. The van der Waals surface area contributed by atoms with Gasteiger partial charge in [0.1, 0.15) is 5.75 Å². The Morgan fingerprint density at radius 2 is 1.89 bits per heavy atom. The SMILES string of the molecule is COC(=O)C(=O)C(F)(F)c1ccc(Br)c(OC)c1. The summed E-state index contributed by atoms with van der Waals surface area (Å²) in [5.74, 6) is -7.35. The van der Waals surface area contributed by atoms with E-state index in [9.17, 15) is 18.4 Å². The van der Waals surface area contributed by atoms with Crippen LogP contribution in [0.2, 0.25) is 0 Å². The van der Waals surface area contributed by atoms with E-state index >= 15 is 0 Å². The number of ether oxygens (including phenoxy) is 2. The highest BCUT2D eigenvalue weighted by atomic mass is 79.9. The number of esters is 1. The molecule has 0 atom stereocenters. The fraction of sp³-hybridized carbons (Fsp3) is 0.273. The number of carbonyl (C=O) groups is 2. The van der Waals surface area contributed by atoms with E-state index in [4.69, 9.17) is 4.74 Å². The van der Waals surface area contributed by atoms with Gasteiger partial charge >= 0.3 is 17.7 Å². The number of benzene rings is 1. The third-order valence-electron chi connectivity index (χ3n) is 2.17. The first-order chi connectivity index (χ1) is 8.34. The molecule has 0 aromatic heterocycles. The minimum Gasteiger partial charge on any atom is -0.496 e. The lowest BCUT2D eigenvalue weighted by Gasteiger charge is -2.15. The molecule has 0 aliphatic carbocycles. The van der Waals surface area contributed by atoms with E-state index in [1.807, 2.05) is 0 Å². The van der Waals surface area contributed by atoms with Crippen LogP contribution in [0.25, 0.3) is 0 Å². The molecule has 0 N–H and O–H groups in total. The molecule has 0 radical (unpaired) electrons. The van der Waals surface area contributed by atoms with Crippen molar-refractivity contribution in [2.75, 3.05) is 14.2 Å². The molecule has 0 spiro atoms. The van der Waals surface area contributed by atoms with E-state index in [0.717, 1.165) is 19.2 Å². The molecule has 0 amide bonds. The van der Waals surface area contributed by atoms with Gasteiger partial charge in [0.2, 0.25) is 0 Å². The van der Waals surface area contributed by atoms with Crippen molar-refractivity contribution in [3.05, 3.63) is 28.2 Å². The Labute approximate surface area is 110 Å². The predicted octanol–water partition coefficient (Wildman–Crippen LogP) is 2.29. The average Bonchev–Trinajstić information content (AvgIpc) is 2.37. The van der Waals surface area contributed by atoms with Gasteiger partial charge in [0.05, 0.1) is 18.7 Å². The number of Topliss-reactive ketones (excluding diaryl/α,β-unsaturated/α-hetero) is 1. The number of methoxy groups -OCH3 is 2. The first-order valence-electron chi connectivity index (χ1n) is 4.69. The number of hydrogen-bond acceptors (Lipinski definition) is 4. The lowest BCUT2D eigenvalue weighted by molar-refractivity contribution is -0.165. The molecule has 0 bridgehead atoms. The molecule has 0 saturated heterocycles. The van der Waals surface area contributed by atoms with Crippen LogP contribution in [0, 0.1) is 0 Å². The third kappa shape index (κ3) is 2.66. The van der Waals surface area contributed by atoms with E-state index in [1.165, 1.54) is 13.2 Å². The van der Waals surface area contributed by atoms with Crippen LogP contribution >= 0.6 is 15.9 Å². The molecule has 0 heterocycles. The van der Waals surface area contributed by atoms with Gasteiger partial charge in [-0.1, -0.05) is 6.07 Å². The minimum absolute atomic E-state index is 0.129. The second kappa shape index (κ2) is 5.43. The van der Waals surface area contributed by atoms with Gasteiger partial charge < -0.3 is 9.47 Å². The second-order valence-electron chi connectivity index (χ2n) is 3.24. The van der Waals surface area contributed by atoms with Crippen LogP contribution in [0.1, 0.15) is 5.56 Å². The number of hydrogen-bond donors (Lipinski definition) is 0. The number of rotatable bonds is 4. The summed E-state index contributed by atoms with van der Waals surface area (Å²) in [6.45, 7) is 0. The van der Waals surface area contributed by atoms with Crippen LogP contribution in [0.15, 0.2) is 22.7 Å². The molecule has 1 rings (SSSR count). The van der Waals surface area contributed by atoms with E-state index in [-0.39, 0.29) is 5.75 Å². The van der Waals surface area contributed by atoms with Crippen molar-refractivity contribution < 1.29 is 27.8 Å². The maximum absolute atomic E-state index is 13.7. The van der Waals surface area contributed by atoms with Gasteiger partial charge in [0.15, 0.2) is 0 Å². The topological polar surface area (TPSA) is 52.6 Å². The average molecular weight is 323 g/mol. The first kappa shape index (κ1) is 14.6. The zero-order chi connectivity index (χ0) is 13.9. The molecular weight excluding hydrogens is 314 g/mol. The summed E-state index contributed by atoms with van der Waals surface area (Å²) in [5, 5.41) is 0. The molecule has 0 aliphatic rings. The maximum Gasteiger partial charge on any atom is 0.381 e. The summed E-state index contributed by atoms with van der Waals surface area (Å²) in [6.07, 6.45) is 0. The Bertz CT molecular complexity index is 488. The summed E-state index contributed by atoms with van der Waals surface area (Å²) < 4.78 is 36.7. The molecule has 98 valence electrons. The Morgan fingerprint density at radius 1 is 1.28 bits per heavy atom. The van der Waals surface area contributed by atoms with E-state index in [1.54, 1.807) is 0 Å². The van der Waals surface area contributed by atoms with Gasteiger partial charge in [-0.3, -0.25) is 4.79 Å². The van der Waals surface area contributed by atoms with E-state index < -0.39 is 23.2 Å². The zero-order valence-electron chi connectivity index (χ0n) is 9.50. The van der Waals surface area contributed by atoms with Crippen LogP contribution in [-0.2, 0) is 20.2 Å². The highest BCUT2D eigenvalue weighted by Gasteiger charge is 2.46. The molecule has 1 aromatic carbocycles. The Hall–Kier alpha value is -1.50. The molecule has 0 unspecified atom stereocenters. The molecule has 0 saturated carbocycles. The van der Waals surface area contributed by atoms with Crippen molar-refractivity contribution in [3.63, 3.8) is 0 Å². The largest absolute Gasteiger partial charge is 0.496 e. The second-order valence-corrected chi connectivity index (χ2v) is 4.10. The minimum atomic E-state index is -3.96. The van der Waals surface area contributed by atoms with Crippen molar-refractivity contribution in [1.29, 1.82) is 0 Å². The zero-order valence-corrected chi connectivity index (χ0v) is 11.1. The van der Waals surface area contributed by atoms with Crippen LogP contribution < -0.4 is 4.74 Å². The lowest BCUT2D eigenvalue weighted by Crippen LogP contribution is -2.33. The Balaban J connectivity index is 3.19. The van der Waals surface area contributed by atoms with Crippen molar-refractivity contribution in [2.45, 2.75) is 5.92 Å². The van der Waals surface area contributed by atoms with Gasteiger partial charge in [-0.2, -0.15) is 8.78 Å². The highest BCUT2D eigenvalue weighted by Crippen LogP contribution is 2.34. The van der Waals surface area contributed by atoms with Gasteiger partial charge in [-0.05, 0) is 28.1 Å². The summed E-state index contributed by atoms with van der Waals surface area (Å²) in [6, 6.07) is 3.30. The normalized spacial score (nSPS) is 10.9. The van der Waals surface area contributed by atoms with Crippen LogP contribution in [0.3, 0.4) is 0 Å².